The molecule has 4 nitrogen and oxygen atoms in total. The average molecular weight is 414 g/mol. The van der Waals surface area contributed by atoms with Gasteiger partial charge in [-0.1, -0.05) is 0 Å². The fraction of sp³-hybridized carbons (Fsp3) is 0.182. The molecule has 1 aliphatic carbocycles. The topological polar surface area (TPSA) is 66.8 Å². The molecular weight excluding hydrogens is 390 g/mol. The summed E-state index contributed by atoms with van der Waals surface area (Å²) < 4.78 is 18.7. The van der Waals surface area contributed by atoms with Crippen LogP contribution in [0.15, 0.2) is 91.0 Å². The molecule has 0 saturated heterocycles. The molecule has 6 heteroatoms. The zero-order chi connectivity index (χ0) is 19.7. The van der Waals surface area contributed by atoms with Crippen LogP contribution in [-0.2, 0) is 8.88 Å². The summed E-state index contributed by atoms with van der Waals surface area (Å²) in [7, 11) is -4.82. The van der Waals surface area contributed by atoms with Crippen molar-refractivity contribution in [3.63, 3.8) is 0 Å². The summed E-state index contributed by atoms with van der Waals surface area (Å²) in [4.78, 5) is 20.4. The second kappa shape index (κ2) is 7.22. The molecule has 28 heavy (non-hydrogen) atoms. The Labute approximate surface area is 165 Å². The number of hydrogen-bond acceptors (Lipinski definition) is 2. The van der Waals surface area contributed by atoms with Crippen molar-refractivity contribution in [2.75, 3.05) is 0 Å². The maximum absolute atomic E-state index is 12.5. The summed E-state index contributed by atoms with van der Waals surface area (Å²) in [6.07, 6.45) is 2.77. The standard InChI is InChI=1S/C22H24O4P2/c23-27(24,25)26-28(22-17-10-18-22,19-11-4-1-5-12-19,20-13-6-2-7-14-20)21-15-8-3-9-16-21/h1-9,11-16,22H,10,17-18H2,(H2,23,24,25). The van der Waals surface area contributed by atoms with E-state index >= 15 is 0 Å². The third-order valence-electron chi connectivity index (χ3n) is 5.85. The molecule has 1 aliphatic rings. The second-order valence-corrected chi connectivity index (χ2v) is 13.4. The van der Waals surface area contributed by atoms with Crippen LogP contribution in [0.2, 0.25) is 0 Å². The van der Waals surface area contributed by atoms with Crippen LogP contribution < -0.4 is 15.9 Å². The first kappa shape index (κ1) is 19.5. The van der Waals surface area contributed by atoms with E-state index in [1.54, 1.807) is 0 Å². The van der Waals surface area contributed by atoms with Crippen molar-refractivity contribution in [2.24, 2.45) is 0 Å². The summed E-state index contributed by atoms with van der Waals surface area (Å²) in [6.45, 7) is -3.91. The van der Waals surface area contributed by atoms with Gasteiger partial charge >= 0.3 is 165 Å². The number of hydrogen-bond donors (Lipinski definition) is 2. The van der Waals surface area contributed by atoms with Gasteiger partial charge in [0.25, 0.3) is 0 Å². The third kappa shape index (κ3) is 2.88. The molecule has 0 radical (unpaired) electrons. The van der Waals surface area contributed by atoms with Crippen molar-refractivity contribution >= 4 is 30.6 Å². The fourth-order valence-electron chi connectivity index (χ4n) is 4.56. The Balaban J connectivity index is 2.22. The van der Waals surface area contributed by atoms with E-state index in [0.717, 1.165) is 35.2 Å². The van der Waals surface area contributed by atoms with Crippen LogP contribution in [-0.4, -0.2) is 15.4 Å². The molecule has 0 amide bonds. The van der Waals surface area contributed by atoms with Gasteiger partial charge in [-0.15, -0.1) is 0 Å². The van der Waals surface area contributed by atoms with E-state index in [0.29, 0.717) is 0 Å². The Morgan fingerprint density at radius 1 is 0.714 bits per heavy atom. The van der Waals surface area contributed by atoms with Crippen LogP contribution >= 0.6 is 14.7 Å². The Morgan fingerprint density at radius 3 is 1.32 bits per heavy atom. The van der Waals surface area contributed by atoms with E-state index in [2.05, 4.69) is 0 Å². The zero-order valence-electron chi connectivity index (χ0n) is 15.5. The van der Waals surface area contributed by atoms with Crippen LogP contribution in [0.25, 0.3) is 0 Å². The Hall–Kier alpha value is -1.80. The summed E-state index contributed by atoms with van der Waals surface area (Å²) in [5.74, 6) is 0. The van der Waals surface area contributed by atoms with Gasteiger partial charge in [-0.3, -0.25) is 0 Å². The molecule has 0 heterocycles. The minimum atomic E-state index is -4.82. The summed E-state index contributed by atoms with van der Waals surface area (Å²) >= 11 is 0. The fourth-order valence-corrected chi connectivity index (χ4v) is 13.8. The first-order chi connectivity index (χ1) is 13.5. The molecule has 1 fully saturated rings. The first-order valence-electron chi connectivity index (χ1n) is 9.43. The normalized spacial score (nSPS) is 16.7. The van der Waals surface area contributed by atoms with Crippen LogP contribution in [0.1, 0.15) is 19.3 Å². The van der Waals surface area contributed by atoms with Crippen LogP contribution in [0.3, 0.4) is 0 Å². The number of phosphoric acid groups is 1. The molecule has 2 N–H and O–H groups in total. The van der Waals surface area contributed by atoms with Gasteiger partial charge in [0, 0.05) is 0 Å². The summed E-state index contributed by atoms with van der Waals surface area (Å²) in [5, 5.41) is 2.58. The minimum absolute atomic E-state index is 0.0193. The van der Waals surface area contributed by atoms with Gasteiger partial charge < -0.3 is 0 Å². The predicted molar refractivity (Wildman–Crippen MR) is 116 cm³/mol. The molecule has 0 aromatic heterocycles. The van der Waals surface area contributed by atoms with Crippen LogP contribution in [0.4, 0.5) is 0 Å². The van der Waals surface area contributed by atoms with Gasteiger partial charge in [0.05, 0.1) is 0 Å². The van der Waals surface area contributed by atoms with Gasteiger partial charge in [0.2, 0.25) is 0 Å². The second-order valence-electron chi connectivity index (χ2n) is 7.27. The Kier molecular flexibility index (Phi) is 5.03. The van der Waals surface area contributed by atoms with E-state index in [-0.39, 0.29) is 5.66 Å². The van der Waals surface area contributed by atoms with Gasteiger partial charge in [0.1, 0.15) is 0 Å². The van der Waals surface area contributed by atoms with Gasteiger partial charge in [0.15, 0.2) is 0 Å². The zero-order valence-corrected chi connectivity index (χ0v) is 17.3. The maximum atomic E-state index is 12.5. The average Bonchev–Trinajstić information content (AvgIpc) is 2.67. The van der Waals surface area contributed by atoms with E-state index < -0.39 is 14.7 Å². The van der Waals surface area contributed by atoms with Crippen molar-refractivity contribution in [3.8, 4) is 0 Å². The van der Waals surface area contributed by atoms with Crippen molar-refractivity contribution in [3.05, 3.63) is 91.0 Å². The number of rotatable bonds is 6. The van der Waals surface area contributed by atoms with E-state index in [1.165, 1.54) is 0 Å². The van der Waals surface area contributed by atoms with Gasteiger partial charge in [-0.25, -0.2) is 0 Å². The molecule has 1 saturated carbocycles. The Bertz CT molecular complexity index is 883. The van der Waals surface area contributed by atoms with E-state index in [1.807, 2.05) is 91.0 Å². The van der Waals surface area contributed by atoms with Crippen molar-refractivity contribution in [1.82, 2.24) is 0 Å². The molecule has 3 aromatic carbocycles. The molecule has 0 aliphatic heterocycles. The molecule has 4 rings (SSSR count). The van der Waals surface area contributed by atoms with Crippen molar-refractivity contribution < 1.29 is 18.7 Å². The van der Waals surface area contributed by atoms with Gasteiger partial charge in [-0.05, 0) is 0 Å². The molecule has 0 bridgehead atoms. The molecule has 146 valence electrons. The third-order valence-corrected chi connectivity index (χ3v) is 13.9. The first-order valence-corrected chi connectivity index (χ1v) is 13.2. The van der Waals surface area contributed by atoms with E-state index in [9.17, 15) is 14.4 Å². The van der Waals surface area contributed by atoms with Gasteiger partial charge in [-0.2, -0.15) is 0 Å². The molecule has 0 spiro atoms. The molecular formula is C22H24O4P2. The van der Waals surface area contributed by atoms with E-state index in [4.69, 9.17) is 4.31 Å². The van der Waals surface area contributed by atoms with Crippen LogP contribution in [0.5, 0.6) is 0 Å². The Morgan fingerprint density at radius 2 is 1.07 bits per heavy atom. The SMILES string of the molecule is O=P(O)(O)OP(c1ccccc1)(c1ccccc1)(c1ccccc1)C1CCC1. The molecule has 0 atom stereocenters. The van der Waals surface area contributed by atoms with Crippen molar-refractivity contribution in [1.29, 1.82) is 0 Å². The predicted octanol–water partition coefficient (Wildman–Crippen LogP) is 4.09. The molecule has 0 unspecified atom stereocenters. The van der Waals surface area contributed by atoms with Crippen LogP contribution in [0, 0.1) is 0 Å². The number of benzene rings is 3. The quantitative estimate of drug-likeness (QED) is 0.597. The monoisotopic (exact) mass is 414 g/mol. The summed E-state index contributed by atoms with van der Waals surface area (Å²) in [6, 6.07) is 29.1. The molecule has 3 aromatic rings. The summed E-state index contributed by atoms with van der Waals surface area (Å²) in [5.41, 5.74) is 0.0193. The van der Waals surface area contributed by atoms with Crippen molar-refractivity contribution in [2.45, 2.75) is 24.9 Å².